The van der Waals surface area contributed by atoms with Crippen molar-refractivity contribution in [3.63, 3.8) is 0 Å². The zero-order valence-electron chi connectivity index (χ0n) is 54.2. The fraction of sp³-hybridized carbons (Fsp3) is 0.675. The number of carbonyl (C=O) groups excluding carboxylic acids is 3. The molecule has 0 aliphatic heterocycles. The van der Waals surface area contributed by atoms with E-state index in [-0.39, 0.29) is 31.1 Å². The molecule has 0 aliphatic carbocycles. The van der Waals surface area contributed by atoms with Crippen molar-refractivity contribution in [3.05, 3.63) is 134 Å². The summed E-state index contributed by atoms with van der Waals surface area (Å²) in [6.07, 6.45) is 99.1. The van der Waals surface area contributed by atoms with Gasteiger partial charge in [0.1, 0.15) is 13.2 Å². The summed E-state index contributed by atoms with van der Waals surface area (Å²) in [5, 5.41) is 0. The molecule has 0 saturated carbocycles. The maximum absolute atomic E-state index is 12.9. The Morgan fingerprint density at radius 3 is 0.747 bits per heavy atom. The smallest absolute Gasteiger partial charge is 0.306 e. The van der Waals surface area contributed by atoms with Crippen molar-refractivity contribution >= 4 is 17.9 Å². The summed E-state index contributed by atoms with van der Waals surface area (Å²) in [6, 6.07) is 0. The van der Waals surface area contributed by atoms with E-state index in [1.165, 1.54) is 141 Å². The third-order valence-electron chi connectivity index (χ3n) is 14.6. The third kappa shape index (κ3) is 68.2. The molecular formula is C77H128O6. The highest BCUT2D eigenvalue weighted by Gasteiger charge is 2.19. The van der Waals surface area contributed by atoms with E-state index in [2.05, 4.69) is 154 Å². The normalized spacial score (nSPS) is 13.0. The molecule has 472 valence electrons. The molecule has 0 N–H and O–H groups in total. The highest BCUT2D eigenvalue weighted by Crippen LogP contribution is 2.16. The van der Waals surface area contributed by atoms with E-state index < -0.39 is 6.10 Å². The van der Waals surface area contributed by atoms with Gasteiger partial charge < -0.3 is 14.2 Å². The van der Waals surface area contributed by atoms with Crippen LogP contribution in [0, 0.1) is 0 Å². The van der Waals surface area contributed by atoms with Gasteiger partial charge >= 0.3 is 17.9 Å². The molecule has 0 bridgehead atoms. The van der Waals surface area contributed by atoms with Crippen molar-refractivity contribution in [2.75, 3.05) is 13.2 Å². The zero-order chi connectivity index (χ0) is 59.9. The Balaban J connectivity index is 4.25. The van der Waals surface area contributed by atoms with E-state index in [0.29, 0.717) is 19.3 Å². The van der Waals surface area contributed by atoms with Crippen molar-refractivity contribution in [1.82, 2.24) is 0 Å². The summed E-state index contributed by atoms with van der Waals surface area (Å²) in [5.41, 5.74) is 0. The number of hydrogen-bond donors (Lipinski definition) is 0. The van der Waals surface area contributed by atoms with E-state index in [9.17, 15) is 14.4 Å². The molecule has 83 heavy (non-hydrogen) atoms. The van der Waals surface area contributed by atoms with Crippen molar-refractivity contribution in [2.24, 2.45) is 0 Å². The number of carbonyl (C=O) groups is 3. The Morgan fingerprint density at radius 1 is 0.253 bits per heavy atom. The molecule has 0 aromatic heterocycles. The average Bonchev–Trinajstić information content (AvgIpc) is 3.49. The first-order valence-corrected chi connectivity index (χ1v) is 34.7. The molecular weight excluding hydrogens is 1020 g/mol. The van der Waals surface area contributed by atoms with Gasteiger partial charge in [0.25, 0.3) is 0 Å². The lowest BCUT2D eigenvalue weighted by molar-refractivity contribution is -0.167. The molecule has 0 heterocycles. The first-order chi connectivity index (χ1) is 41.0. The van der Waals surface area contributed by atoms with Crippen LogP contribution in [0.1, 0.15) is 316 Å². The Kier molecular flexibility index (Phi) is 66.3. The minimum atomic E-state index is -0.792. The van der Waals surface area contributed by atoms with Crippen LogP contribution in [0.4, 0.5) is 0 Å². The number of rotatable bonds is 62. The van der Waals surface area contributed by atoms with Gasteiger partial charge in [0, 0.05) is 19.3 Å². The number of unbranched alkanes of at least 4 members (excludes halogenated alkanes) is 29. The summed E-state index contributed by atoms with van der Waals surface area (Å²) >= 11 is 0. The molecule has 0 aromatic carbocycles. The van der Waals surface area contributed by atoms with Crippen LogP contribution in [-0.4, -0.2) is 37.2 Å². The van der Waals surface area contributed by atoms with E-state index in [1.54, 1.807) is 0 Å². The van der Waals surface area contributed by atoms with E-state index in [1.807, 2.05) is 0 Å². The fourth-order valence-electron chi connectivity index (χ4n) is 9.47. The second-order valence-corrected chi connectivity index (χ2v) is 22.7. The fourth-order valence-corrected chi connectivity index (χ4v) is 9.47. The van der Waals surface area contributed by atoms with Crippen molar-refractivity contribution in [3.8, 4) is 0 Å². The van der Waals surface area contributed by atoms with Crippen molar-refractivity contribution < 1.29 is 28.6 Å². The molecule has 0 aromatic rings. The second kappa shape index (κ2) is 70.0. The summed E-state index contributed by atoms with van der Waals surface area (Å²) in [4.78, 5) is 38.2. The van der Waals surface area contributed by atoms with Crippen LogP contribution in [0.2, 0.25) is 0 Å². The van der Waals surface area contributed by atoms with Gasteiger partial charge in [-0.15, -0.1) is 0 Å². The molecule has 6 nitrogen and oxygen atoms in total. The highest BCUT2D eigenvalue weighted by atomic mass is 16.6. The van der Waals surface area contributed by atoms with Crippen LogP contribution in [0.5, 0.6) is 0 Å². The molecule has 1 atom stereocenters. The molecule has 0 fully saturated rings. The number of allylic oxidation sites excluding steroid dienone is 22. The predicted molar refractivity (Wildman–Crippen MR) is 362 cm³/mol. The van der Waals surface area contributed by atoms with Gasteiger partial charge in [-0.05, 0) is 122 Å². The van der Waals surface area contributed by atoms with Gasteiger partial charge in [-0.25, -0.2) is 0 Å². The lowest BCUT2D eigenvalue weighted by Gasteiger charge is -2.18. The average molecular weight is 1150 g/mol. The SMILES string of the molecule is CC/C=C\C/C=C\C/C=C\C/C=C\C/C=C\C/C=C\C/C=C\C/C=C\C/C=C\C/C=C\CCCCCCC(=O)OCC(COC(=O)CCCCCCCCCCC)OC(=O)CCCCCCCCCCC/C=C\CCCCCCCCCC. The monoisotopic (exact) mass is 1150 g/mol. The molecule has 0 aliphatic rings. The van der Waals surface area contributed by atoms with Gasteiger partial charge in [0.15, 0.2) is 6.10 Å². The van der Waals surface area contributed by atoms with Crippen LogP contribution in [0.3, 0.4) is 0 Å². The van der Waals surface area contributed by atoms with E-state index in [4.69, 9.17) is 14.2 Å². The number of hydrogen-bond acceptors (Lipinski definition) is 6. The van der Waals surface area contributed by atoms with Crippen molar-refractivity contribution in [1.29, 1.82) is 0 Å². The summed E-state index contributed by atoms with van der Waals surface area (Å²) in [5.74, 6) is -0.912. The topological polar surface area (TPSA) is 78.9 Å². The minimum absolute atomic E-state index is 0.0869. The van der Waals surface area contributed by atoms with Gasteiger partial charge in [0.2, 0.25) is 0 Å². The van der Waals surface area contributed by atoms with Crippen LogP contribution in [0.15, 0.2) is 134 Å². The van der Waals surface area contributed by atoms with E-state index in [0.717, 1.165) is 135 Å². The largest absolute Gasteiger partial charge is 0.462 e. The summed E-state index contributed by atoms with van der Waals surface area (Å²) in [7, 11) is 0. The van der Waals surface area contributed by atoms with Crippen molar-refractivity contribution in [2.45, 2.75) is 322 Å². The van der Waals surface area contributed by atoms with Gasteiger partial charge in [0.05, 0.1) is 0 Å². The first-order valence-electron chi connectivity index (χ1n) is 34.7. The first kappa shape index (κ1) is 78.5. The molecule has 0 spiro atoms. The van der Waals surface area contributed by atoms with Crippen LogP contribution in [0.25, 0.3) is 0 Å². The highest BCUT2D eigenvalue weighted by molar-refractivity contribution is 5.71. The zero-order valence-corrected chi connectivity index (χ0v) is 54.2. The Morgan fingerprint density at radius 2 is 0.470 bits per heavy atom. The Bertz CT molecular complexity index is 1750. The quantitative estimate of drug-likeness (QED) is 0.0261. The molecule has 0 amide bonds. The molecule has 1 unspecified atom stereocenters. The number of ether oxygens (including phenoxy) is 3. The predicted octanol–water partition coefficient (Wildman–Crippen LogP) is 24.1. The maximum Gasteiger partial charge on any atom is 0.306 e. The molecule has 0 rings (SSSR count). The molecule has 6 heteroatoms. The maximum atomic E-state index is 12.9. The van der Waals surface area contributed by atoms with Crippen LogP contribution >= 0.6 is 0 Å². The summed E-state index contributed by atoms with van der Waals surface area (Å²) < 4.78 is 16.9. The lowest BCUT2D eigenvalue weighted by atomic mass is 10.1. The summed E-state index contributed by atoms with van der Waals surface area (Å²) in [6.45, 7) is 6.50. The number of esters is 3. The van der Waals surface area contributed by atoms with Crippen LogP contribution in [-0.2, 0) is 28.6 Å². The standard InChI is InChI=1S/C77H128O6/c1-4-7-10-13-16-19-21-23-25-27-29-31-32-33-34-35-36-37-38-39-40-41-42-43-44-46-47-49-51-53-55-58-61-64-67-70-76(79)82-73-74(72-81-75(78)69-66-63-60-57-18-15-12-9-6-3)83-77(80)71-68-65-62-59-56-54-52-50-48-45-30-28-26-24-22-20-17-14-11-8-5-2/h7,10,16,19,23,25,28-31,33-34,36-37,39-40,42-43,46-47,51,53,74H,4-6,8-9,11-15,17-18,20-22,24,26-27,32,35,38,41,44-45,48-50,52,54-73H2,1-3H3/b10-7-,19-16-,25-23-,30-28-,31-29-,34-33-,37-36-,40-39-,43-42-,47-46-,53-51-. The molecule has 0 radical (unpaired) electrons. The third-order valence-corrected chi connectivity index (χ3v) is 14.6. The van der Waals surface area contributed by atoms with Gasteiger partial charge in [-0.2, -0.15) is 0 Å². The van der Waals surface area contributed by atoms with E-state index >= 15 is 0 Å². The lowest BCUT2D eigenvalue weighted by Crippen LogP contribution is -2.30. The Hall–Kier alpha value is -4.45. The second-order valence-electron chi connectivity index (χ2n) is 22.7. The minimum Gasteiger partial charge on any atom is -0.462 e. The van der Waals surface area contributed by atoms with Gasteiger partial charge in [-0.3, -0.25) is 14.4 Å². The van der Waals surface area contributed by atoms with Gasteiger partial charge in [-0.1, -0.05) is 309 Å². The molecule has 0 saturated heterocycles. The van der Waals surface area contributed by atoms with Crippen LogP contribution < -0.4 is 0 Å². The Labute approximate surface area is 513 Å².